The number of nitrogens with one attached hydrogen (secondary N) is 1. The third-order valence-electron chi connectivity index (χ3n) is 3.59. The van der Waals surface area contributed by atoms with Crippen LogP contribution in [0.4, 0.5) is 5.69 Å². The number of carbonyl (C=O) groups excluding carboxylic acids is 1. The van der Waals surface area contributed by atoms with Crippen LogP contribution in [-0.4, -0.2) is 59.3 Å². The van der Waals surface area contributed by atoms with Crippen LogP contribution in [0, 0.1) is 0 Å². The van der Waals surface area contributed by atoms with Gasteiger partial charge in [0.2, 0.25) is 0 Å². The van der Waals surface area contributed by atoms with Gasteiger partial charge in [-0.05, 0) is 38.7 Å². The zero-order chi connectivity index (χ0) is 16.0. The van der Waals surface area contributed by atoms with Gasteiger partial charge in [-0.15, -0.1) is 0 Å². The Bertz CT molecular complexity index is 457. The van der Waals surface area contributed by atoms with Crippen LogP contribution >= 0.6 is 0 Å². The topological polar surface area (TPSA) is 44.8 Å². The zero-order valence-corrected chi connectivity index (χ0v) is 13.9. The summed E-state index contributed by atoms with van der Waals surface area (Å²) in [6.07, 6.45) is 0. The van der Waals surface area contributed by atoms with E-state index >= 15 is 0 Å². The first-order chi connectivity index (χ1) is 9.81. The number of ether oxygens (including phenoxy) is 1. The molecule has 1 rings (SSSR count). The summed E-state index contributed by atoms with van der Waals surface area (Å²) in [6, 6.07) is 7.94. The normalized spacial score (nSPS) is 13.9. The molecule has 21 heavy (non-hydrogen) atoms. The van der Waals surface area contributed by atoms with E-state index in [1.165, 1.54) is 7.11 Å². The molecule has 0 aromatic heterocycles. The molecule has 1 unspecified atom stereocenters. The first kappa shape index (κ1) is 17.5. The molecule has 0 aliphatic rings. The Morgan fingerprint density at radius 1 is 1.19 bits per heavy atom. The van der Waals surface area contributed by atoms with Crippen LogP contribution in [0.15, 0.2) is 24.3 Å². The van der Waals surface area contributed by atoms with Gasteiger partial charge in [-0.25, -0.2) is 4.79 Å². The van der Waals surface area contributed by atoms with Crippen LogP contribution in [0.3, 0.4) is 0 Å². The molecule has 118 valence electrons. The lowest BCUT2D eigenvalue weighted by Gasteiger charge is -2.29. The number of benzene rings is 1. The summed E-state index contributed by atoms with van der Waals surface area (Å²) in [5, 5.41) is 3.31. The lowest BCUT2D eigenvalue weighted by Crippen LogP contribution is -2.49. The van der Waals surface area contributed by atoms with Gasteiger partial charge in [0.05, 0.1) is 7.11 Å². The molecule has 0 bridgehead atoms. The van der Waals surface area contributed by atoms with Gasteiger partial charge >= 0.3 is 5.97 Å². The molecule has 0 aliphatic heterocycles. The summed E-state index contributed by atoms with van der Waals surface area (Å²) in [7, 11) is 9.40. The van der Waals surface area contributed by atoms with Crippen LogP contribution in [0.2, 0.25) is 0 Å². The van der Waals surface area contributed by atoms with Crippen molar-refractivity contribution in [3.05, 3.63) is 29.8 Å². The van der Waals surface area contributed by atoms with Gasteiger partial charge in [0.15, 0.2) is 0 Å². The minimum absolute atomic E-state index is 0.279. The Kier molecular flexibility index (Phi) is 6.18. The largest absolute Gasteiger partial charge is 0.467 e. The van der Waals surface area contributed by atoms with Crippen LogP contribution in [0.25, 0.3) is 0 Å². The maximum absolute atomic E-state index is 12.2. The maximum Gasteiger partial charge on any atom is 0.330 e. The number of nitrogens with zero attached hydrogens (tertiary/aromatic N) is 2. The second-order valence-corrected chi connectivity index (χ2v) is 5.79. The third-order valence-corrected chi connectivity index (χ3v) is 3.59. The van der Waals surface area contributed by atoms with E-state index in [1.807, 2.05) is 64.3 Å². The van der Waals surface area contributed by atoms with Gasteiger partial charge in [-0.2, -0.15) is 0 Å². The molecule has 0 radical (unpaired) electrons. The average molecular weight is 293 g/mol. The van der Waals surface area contributed by atoms with Crippen molar-refractivity contribution in [2.75, 3.05) is 53.3 Å². The van der Waals surface area contributed by atoms with Gasteiger partial charge in [-0.1, -0.05) is 12.1 Å². The molecule has 0 spiro atoms. The average Bonchev–Trinajstić information content (AvgIpc) is 2.45. The Hall–Kier alpha value is -1.59. The van der Waals surface area contributed by atoms with Gasteiger partial charge in [0, 0.05) is 32.9 Å². The SMILES string of the molecule is COC(=O)C(C)(NCCN(C)C)c1ccc(N(C)C)cc1. The lowest BCUT2D eigenvalue weighted by atomic mass is 9.91. The summed E-state index contributed by atoms with van der Waals surface area (Å²) >= 11 is 0. The molecular weight excluding hydrogens is 266 g/mol. The Balaban J connectivity index is 2.98. The van der Waals surface area contributed by atoms with Crippen molar-refractivity contribution in [3.63, 3.8) is 0 Å². The van der Waals surface area contributed by atoms with Crippen molar-refractivity contribution in [1.82, 2.24) is 10.2 Å². The Morgan fingerprint density at radius 2 is 1.76 bits per heavy atom. The van der Waals surface area contributed by atoms with Crippen LogP contribution < -0.4 is 10.2 Å². The molecule has 0 saturated heterocycles. The van der Waals surface area contributed by atoms with Crippen molar-refractivity contribution in [2.45, 2.75) is 12.5 Å². The van der Waals surface area contributed by atoms with Crippen molar-refractivity contribution in [2.24, 2.45) is 0 Å². The number of esters is 1. The first-order valence-corrected chi connectivity index (χ1v) is 7.07. The number of hydrogen-bond donors (Lipinski definition) is 1. The maximum atomic E-state index is 12.2. The molecule has 5 heteroatoms. The van der Waals surface area contributed by atoms with E-state index in [0.717, 1.165) is 17.8 Å². The second kappa shape index (κ2) is 7.43. The van der Waals surface area contributed by atoms with E-state index in [-0.39, 0.29) is 5.97 Å². The zero-order valence-electron chi connectivity index (χ0n) is 13.9. The smallest absolute Gasteiger partial charge is 0.330 e. The highest BCUT2D eigenvalue weighted by Crippen LogP contribution is 2.24. The van der Waals surface area contributed by atoms with Crippen molar-refractivity contribution >= 4 is 11.7 Å². The predicted octanol–water partition coefficient (Wildman–Crippen LogP) is 1.29. The van der Waals surface area contributed by atoms with Crippen LogP contribution in [-0.2, 0) is 15.1 Å². The van der Waals surface area contributed by atoms with E-state index in [4.69, 9.17) is 4.74 Å². The number of hydrogen-bond acceptors (Lipinski definition) is 5. The van der Waals surface area contributed by atoms with E-state index < -0.39 is 5.54 Å². The van der Waals surface area contributed by atoms with E-state index in [2.05, 4.69) is 10.2 Å². The summed E-state index contributed by atoms with van der Waals surface area (Å²) in [4.78, 5) is 16.3. The third kappa shape index (κ3) is 4.44. The number of anilines is 1. The fourth-order valence-corrected chi connectivity index (χ4v) is 2.12. The predicted molar refractivity (Wildman–Crippen MR) is 86.7 cm³/mol. The van der Waals surface area contributed by atoms with Crippen LogP contribution in [0.5, 0.6) is 0 Å². The van der Waals surface area contributed by atoms with Crippen LogP contribution in [0.1, 0.15) is 12.5 Å². The number of rotatable bonds is 7. The number of likely N-dealkylation sites (N-methyl/N-ethyl adjacent to an activating group) is 1. The summed E-state index contributed by atoms with van der Waals surface area (Å²) in [5.41, 5.74) is 1.16. The highest BCUT2D eigenvalue weighted by Gasteiger charge is 2.35. The van der Waals surface area contributed by atoms with Crippen molar-refractivity contribution in [3.8, 4) is 0 Å². The molecule has 5 nitrogen and oxygen atoms in total. The summed E-state index contributed by atoms with van der Waals surface area (Å²) in [6.45, 7) is 3.41. The molecule has 0 heterocycles. The van der Waals surface area contributed by atoms with E-state index in [0.29, 0.717) is 6.54 Å². The molecule has 0 aliphatic carbocycles. The molecule has 1 N–H and O–H groups in total. The molecule has 0 saturated carbocycles. The molecule has 1 aromatic rings. The number of carbonyl (C=O) groups is 1. The minimum atomic E-state index is -0.838. The van der Waals surface area contributed by atoms with Gasteiger partial charge in [0.1, 0.15) is 5.54 Å². The lowest BCUT2D eigenvalue weighted by molar-refractivity contribution is -0.148. The Morgan fingerprint density at radius 3 is 2.19 bits per heavy atom. The minimum Gasteiger partial charge on any atom is -0.467 e. The molecule has 0 amide bonds. The summed E-state index contributed by atoms with van der Waals surface area (Å²) < 4.78 is 4.98. The van der Waals surface area contributed by atoms with Gasteiger partial charge in [0.25, 0.3) is 0 Å². The van der Waals surface area contributed by atoms with E-state index in [1.54, 1.807) is 0 Å². The monoisotopic (exact) mass is 293 g/mol. The Labute approximate surface area is 127 Å². The van der Waals surface area contributed by atoms with Gasteiger partial charge < -0.3 is 14.5 Å². The highest BCUT2D eigenvalue weighted by atomic mass is 16.5. The highest BCUT2D eigenvalue weighted by molar-refractivity contribution is 5.82. The van der Waals surface area contributed by atoms with Crippen molar-refractivity contribution in [1.29, 1.82) is 0 Å². The second-order valence-electron chi connectivity index (χ2n) is 5.79. The fraction of sp³-hybridized carbons (Fsp3) is 0.562. The quantitative estimate of drug-likeness (QED) is 0.768. The molecule has 1 aromatic carbocycles. The number of methoxy groups -OCH3 is 1. The standard InChI is InChI=1S/C16H27N3O2/c1-16(15(20)21-6,17-11-12-18(2)3)13-7-9-14(10-8-13)19(4)5/h7-10,17H,11-12H2,1-6H3. The summed E-state index contributed by atoms with van der Waals surface area (Å²) in [5.74, 6) is -0.279. The van der Waals surface area contributed by atoms with E-state index in [9.17, 15) is 4.79 Å². The first-order valence-electron chi connectivity index (χ1n) is 7.07. The molecule has 0 fully saturated rings. The molecule has 1 atom stereocenters. The molecular formula is C16H27N3O2. The fourth-order valence-electron chi connectivity index (χ4n) is 2.12. The van der Waals surface area contributed by atoms with Crippen molar-refractivity contribution < 1.29 is 9.53 Å². The van der Waals surface area contributed by atoms with Gasteiger partial charge in [-0.3, -0.25) is 5.32 Å².